The Hall–Kier alpha value is -2.67. The van der Waals surface area contributed by atoms with E-state index in [1.165, 1.54) is 24.2 Å². The Balaban J connectivity index is 2.13. The molecule has 1 saturated heterocycles. The monoisotopic (exact) mass is 723 g/mol. The van der Waals surface area contributed by atoms with E-state index in [9.17, 15) is 0 Å². The number of hydrogen-bond donors (Lipinski definition) is 2. The van der Waals surface area contributed by atoms with Crippen molar-refractivity contribution >= 4 is 11.3 Å². The molecule has 51 heavy (non-hydrogen) atoms. The van der Waals surface area contributed by atoms with Crippen LogP contribution in [0.2, 0.25) is 0 Å². The predicted molar refractivity (Wildman–Crippen MR) is 225 cm³/mol. The van der Waals surface area contributed by atoms with Gasteiger partial charge in [-0.1, -0.05) is 114 Å². The first kappa shape index (κ1) is 44.5. The maximum atomic E-state index is 4.79. The molecule has 0 spiro atoms. The summed E-state index contributed by atoms with van der Waals surface area (Å²) in [6.07, 6.45) is 10.8. The van der Waals surface area contributed by atoms with Crippen molar-refractivity contribution in [1.82, 2.24) is 30.3 Å². The third-order valence-corrected chi connectivity index (χ3v) is 12.7. The highest BCUT2D eigenvalue weighted by Crippen LogP contribution is 2.38. The van der Waals surface area contributed by atoms with Gasteiger partial charge in [0.25, 0.3) is 0 Å². The van der Waals surface area contributed by atoms with Crippen molar-refractivity contribution in [1.29, 1.82) is 0 Å². The van der Waals surface area contributed by atoms with E-state index in [0.29, 0.717) is 54.1 Å². The summed E-state index contributed by atoms with van der Waals surface area (Å²) in [7, 11) is 4.43. The second-order valence-corrected chi connectivity index (χ2v) is 17.2. The molecular weight excluding hydrogens is 645 g/mol. The molecule has 1 aromatic heterocycles. The average molecular weight is 723 g/mol. The van der Waals surface area contributed by atoms with E-state index >= 15 is 0 Å². The molecule has 2 rings (SSSR count). The lowest BCUT2D eigenvalue weighted by Crippen LogP contribution is -2.46. The molecule has 7 unspecified atom stereocenters. The van der Waals surface area contributed by atoms with Crippen molar-refractivity contribution in [3.05, 3.63) is 78.0 Å². The molecular formula is C44H78N6S. The molecule has 7 atom stereocenters. The average Bonchev–Trinajstić information content (AvgIpc) is 3.81. The summed E-state index contributed by atoms with van der Waals surface area (Å²) in [5.74, 6) is 2.96. The Labute approximate surface area is 319 Å². The lowest BCUT2D eigenvalue weighted by molar-refractivity contribution is 0.130. The van der Waals surface area contributed by atoms with Crippen LogP contribution in [0, 0.1) is 35.5 Å². The van der Waals surface area contributed by atoms with Gasteiger partial charge in [0, 0.05) is 72.8 Å². The van der Waals surface area contributed by atoms with Crippen molar-refractivity contribution in [3.63, 3.8) is 0 Å². The van der Waals surface area contributed by atoms with Crippen molar-refractivity contribution in [2.75, 3.05) is 27.2 Å². The van der Waals surface area contributed by atoms with Crippen molar-refractivity contribution in [3.8, 4) is 0 Å². The fourth-order valence-electron chi connectivity index (χ4n) is 8.44. The topological polar surface area (TPSA) is 46.7 Å². The van der Waals surface area contributed by atoms with E-state index in [0.717, 1.165) is 73.7 Å². The van der Waals surface area contributed by atoms with Crippen LogP contribution in [0.1, 0.15) is 119 Å². The van der Waals surface area contributed by atoms with Gasteiger partial charge in [-0.2, -0.15) is 0 Å². The van der Waals surface area contributed by atoms with Gasteiger partial charge >= 0.3 is 0 Å². The third-order valence-electron chi connectivity index (χ3n) is 11.9. The third kappa shape index (κ3) is 12.8. The molecule has 0 aliphatic carbocycles. The molecule has 290 valence electrons. The largest absolute Gasteiger partial charge is 0.382 e. The van der Waals surface area contributed by atoms with E-state index in [1.807, 2.05) is 11.6 Å². The van der Waals surface area contributed by atoms with Crippen LogP contribution in [0.3, 0.4) is 0 Å². The Morgan fingerprint density at radius 3 is 2.16 bits per heavy atom. The van der Waals surface area contributed by atoms with Crippen LogP contribution in [0.15, 0.2) is 73.0 Å². The van der Waals surface area contributed by atoms with Gasteiger partial charge < -0.3 is 25.3 Å². The van der Waals surface area contributed by atoms with E-state index in [4.69, 9.17) is 6.58 Å². The minimum absolute atomic E-state index is 0.175. The number of likely N-dealkylation sites (tertiary alicyclic amines) is 1. The Kier molecular flexibility index (Phi) is 19.0. The molecule has 2 N–H and O–H groups in total. The summed E-state index contributed by atoms with van der Waals surface area (Å²) < 4.78 is 0. The van der Waals surface area contributed by atoms with Crippen LogP contribution in [0.5, 0.6) is 0 Å². The first-order chi connectivity index (χ1) is 24.1. The fourth-order valence-corrected chi connectivity index (χ4v) is 8.99. The summed E-state index contributed by atoms with van der Waals surface area (Å²) in [5.41, 5.74) is 5.75. The minimum atomic E-state index is 0.175. The molecule has 0 radical (unpaired) electrons. The molecule has 7 heteroatoms. The van der Waals surface area contributed by atoms with Crippen molar-refractivity contribution < 1.29 is 0 Å². The molecule has 1 aliphatic heterocycles. The second kappa shape index (κ2) is 21.8. The number of rotatable bonds is 26. The molecule has 0 aromatic carbocycles. The van der Waals surface area contributed by atoms with Gasteiger partial charge in [-0.3, -0.25) is 0 Å². The van der Waals surface area contributed by atoms with Gasteiger partial charge in [0.2, 0.25) is 0 Å². The van der Waals surface area contributed by atoms with Gasteiger partial charge in [0.05, 0.1) is 19.1 Å². The number of hydrogen-bond acceptors (Lipinski definition) is 7. The molecule has 0 amide bonds. The summed E-state index contributed by atoms with van der Waals surface area (Å²) in [4.78, 5) is 11.9. The Morgan fingerprint density at radius 2 is 1.61 bits per heavy atom. The van der Waals surface area contributed by atoms with Crippen LogP contribution in [0.4, 0.5) is 0 Å². The summed E-state index contributed by atoms with van der Waals surface area (Å²) in [5, 5.41) is 10.4. The molecule has 0 saturated carbocycles. The lowest BCUT2D eigenvalue weighted by atomic mass is 9.80. The standard InChI is InChI=1S/C44H78N6S/c1-17-32(8)44(49(16)35(11)28-46-38(14)43(31(6)7)48(15)33(9)23-22-30(4)5)39(18-2)27-34(10)50-25-20-21-41(50)40(19-3)36(12)37(13)47-29-42-45-24-26-51-42/h24,26,30-32,36,39-41,43-44,46-47H,9-11,13-14,17-23,25,27-29H2,1-8,12,15-16H3. The number of thiazole rings is 1. The molecule has 1 aliphatic rings. The van der Waals surface area contributed by atoms with Crippen LogP contribution in [-0.2, 0) is 6.54 Å². The van der Waals surface area contributed by atoms with Gasteiger partial charge in [0.1, 0.15) is 5.01 Å². The lowest BCUT2D eigenvalue weighted by Gasteiger charge is -2.43. The molecule has 1 fully saturated rings. The van der Waals surface area contributed by atoms with E-state index in [2.05, 4.69) is 133 Å². The number of nitrogens with zero attached hydrogens (tertiary/aromatic N) is 4. The molecule has 1 aromatic rings. The predicted octanol–water partition coefficient (Wildman–Crippen LogP) is 10.7. The quantitative estimate of drug-likeness (QED) is 0.0993. The first-order valence-corrected chi connectivity index (χ1v) is 21.0. The smallest absolute Gasteiger partial charge is 0.112 e. The van der Waals surface area contributed by atoms with Crippen LogP contribution in [0.25, 0.3) is 0 Å². The Morgan fingerprint density at radius 1 is 0.922 bits per heavy atom. The Bertz CT molecular complexity index is 1230. The van der Waals surface area contributed by atoms with Gasteiger partial charge in [-0.15, -0.1) is 11.3 Å². The molecule has 2 heterocycles. The van der Waals surface area contributed by atoms with Crippen LogP contribution in [-0.4, -0.2) is 65.0 Å². The zero-order valence-corrected chi connectivity index (χ0v) is 35.7. The highest BCUT2D eigenvalue weighted by molar-refractivity contribution is 7.09. The highest BCUT2D eigenvalue weighted by atomic mass is 32.1. The van der Waals surface area contributed by atoms with E-state index < -0.39 is 0 Å². The van der Waals surface area contributed by atoms with Crippen LogP contribution >= 0.6 is 11.3 Å². The molecule has 6 nitrogen and oxygen atoms in total. The van der Waals surface area contributed by atoms with E-state index in [-0.39, 0.29) is 6.04 Å². The van der Waals surface area contributed by atoms with Crippen LogP contribution < -0.4 is 10.6 Å². The zero-order chi connectivity index (χ0) is 38.4. The first-order valence-electron chi connectivity index (χ1n) is 20.1. The van der Waals surface area contributed by atoms with Crippen molar-refractivity contribution in [2.45, 2.75) is 138 Å². The SMILES string of the molecule is C=C(NCc1nccs1)C(C)C(CC)C1CCCN1C(=C)CC(CC)C(C(C)CC)N(C)C(=C)CNC(=C)C(C(C)C)N(C)C(=C)CCC(C)C. The fraction of sp³-hybridized carbons (Fsp3) is 0.705. The van der Waals surface area contributed by atoms with E-state index in [1.54, 1.807) is 11.3 Å². The normalized spacial score (nSPS) is 18.1. The maximum Gasteiger partial charge on any atom is 0.112 e. The maximum absolute atomic E-state index is 4.79. The highest BCUT2D eigenvalue weighted by Gasteiger charge is 2.37. The second-order valence-electron chi connectivity index (χ2n) is 16.2. The summed E-state index contributed by atoms with van der Waals surface area (Å²) in [6, 6.07) is 1.04. The number of aromatic nitrogens is 1. The number of allylic oxidation sites excluding steroid dienone is 3. The summed E-state index contributed by atoms with van der Waals surface area (Å²) in [6.45, 7) is 46.3. The number of likely N-dealkylation sites (N-methyl/N-ethyl adjacent to an activating group) is 2. The van der Waals surface area contributed by atoms with Gasteiger partial charge in [-0.05, 0) is 67.6 Å². The summed E-state index contributed by atoms with van der Waals surface area (Å²) >= 11 is 1.69. The van der Waals surface area contributed by atoms with Crippen molar-refractivity contribution in [2.24, 2.45) is 35.5 Å². The van der Waals surface area contributed by atoms with Gasteiger partial charge in [0.15, 0.2) is 0 Å². The minimum Gasteiger partial charge on any atom is -0.382 e. The molecule has 0 bridgehead atoms. The zero-order valence-electron chi connectivity index (χ0n) is 34.9. The number of nitrogens with one attached hydrogen (secondary N) is 2. The van der Waals surface area contributed by atoms with Gasteiger partial charge in [-0.25, -0.2) is 4.98 Å².